The molecule has 0 amide bonds. The Morgan fingerprint density at radius 2 is 2.22 bits per heavy atom. The van der Waals surface area contributed by atoms with Crippen molar-refractivity contribution in [2.75, 3.05) is 13.6 Å². The Balaban J connectivity index is 2.05. The van der Waals surface area contributed by atoms with E-state index in [0.717, 1.165) is 12.8 Å². The second-order valence-electron chi connectivity index (χ2n) is 4.77. The Morgan fingerprint density at radius 3 is 2.72 bits per heavy atom. The van der Waals surface area contributed by atoms with Crippen LogP contribution in [0.3, 0.4) is 0 Å². The molecule has 1 saturated carbocycles. The molecule has 1 aromatic heterocycles. The van der Waals surface area contributed by atoms with Crippen LogP contribution in [0.2, 0.25) is 0 Å². The smallest absolute Gasteiger partial charge is 0.259 e. The quantitative estimate of drug-likeness (QED) is 0.838. The second kappa shape index (κ2) is 5.19. The van der Waals surface area contributed by atoms with E-state index in [4.69, 9.17) is 11.6 Å². The lowest BCUT2D eigenvalue weighted by Crippen LogP contribution is -2.38. The summed E-state index contributed by atoms with van der Waals surface area (Å²) in [6, 6.07) is 0. The number of rotatable bonds is 5. The molecule has 0 radical (unpaired) electrons. The molecule has 0 bridgehead atoms. The van der Waals surface area contributed by atoms with Crippen LogP contribution in [-0.2, 0) is 16.4 Å². The number of nitrogens with one attached hydrogen (secondary N) is 1. The van der Waals surface area contributed by atoms with E-state index in [1.165, 1.54) is 10.5 Å². The molecule has 102 valence electrons. The molecule has 1 aromatic rings. The number of hydrogen-bond acceptors (Lipinski definition) is 3. The van der Waals surface area contributed by atoms with E-state index < -0.39 is 10.0 Å². The summed E-state index contributed by atoms with van der Waals surface area (Å²) in [6.07, 6.45) is 3.86. The summed E-state index contributed by atoms with van der Waals surface area (Å²) in [5.74, 6) is 1.06. The first-order chi connectivity index (χ1) is 8.43. The van der Waals surface area contributed by atoms with Crippen molar-refractivity contribution in [1.82, 2.24) is 14.3 Å². The number of H-pyrrole nitrogens is 1. The maximum Gasteiger partial charge on any atom is 0.259 e. The summed E-state index contributed by atoms with van der Waals surface area (Å²) in [7, 11) is -1.84. The average Bonchev–Trinajstić information content (AvgIpc) is 2.75. The lowest BCUT2D eigenvalue weighted by atomic mass is 9.85. The molecule has 2 rings (SSSR count). The molecule has 0 spiro atoms. The number of aromatic nitrogens is 2. The number of aryl methyl sites for hydroxylation is 1. The van der Waals surface area contributed by atoms with Crippen LogP contribution in [0.15, 0.2) is 11.2 Å². The van der Waals surface area contributed by atoms with Gasteiger partial charge in [-0.2, -0.15) is 4.31 Å². The summed E-state index contributed by atoms with van der Waals surface area (Å²) in [5.41, 5.74) is 0. The first-order valence-corrected chi connectivity index (χ1v) is 7.95. The molecule has 1 aliphatic rings. The van der Waals surface area contributed by atoms with E-state index in [9.17, 15) is 8.42 Å². The van der Waals surface area contributed by atoms with Crippen LogP contribution in [0.25, 0.3) is 0 Å². The van der Waals surface area contributed by atoms with Crippen molar-refractivity contribution in [2.45, 2.75) is 36.6 Å². The van der Waals surface area contributed by atoms with Crippen molar-refractivity contribution in [2.24, 2.45) is 5.92 Å². The molecule has 0 aliphatic heterocycles. The molecule has 1 fully saturated rings. The van der Waals surface area contributed by atoms with Gasteiger partial charge in [-0.3, -0.25) is 0 Å². The number of hydrogen-bond donors (Lipinski definition) is 1. The topological polar surface area (TPSA) is 66.1 Å². The molecule has 5 nitrogen and oxygen atoms in total. The number of halogens is 1. The zero-order chi connectivity index (χ0) is 13.3. The van der Waals surface area contributed by atoms with Crippen LogP contribution in [0.5, 0.6) is 0 Å². The molecule has 1 N–H and O–H groups in total. The molecular formula is C11H18ClN3O2S. The maximum atomic E-state index is 12.2. The van der Waals surface area contributed by atoms with Gasteiger partial charge in [-0.1, -0.05) is 6.92 Å². The minimum absolute atomic E-state index is 0.170. The van der Waals surface area contributed by atoms with Gasteiger partial charge >= 0.3 is 0 Å². The van der Waals surface area contributed by atoms with Gasteiger partial charge < -0.3 is 4.98 Å². The van der Waals surface area contributed by atoms with E-state index in [1.807, 2.05) is 6.92 Å². The van der Waals surface area contributed by atoms with E-state index in [2.05, 4.69) is 9.97 Å². The van der Waals surface area contributed by atoms with Gasteiger partial charge in [0, 0.05) is 25.4 Å². The molecule has 1 heterocycles. The Bertz CT molecular complexity index is 508. The first kappa shape index (κ1) is 13.8. The highest BCUT2D eigenvalue weighted by atomic mass is 35.5. The highest BCUT2D eigenvalue weighted by Gasteiger charge is 2.32. The first-order valence-electron chi connectivity index (χ1n) is 6.07. The summed E-state index contributed by atoms with van der Waals surface area (Å²) < 4.78 is 25.9. The van der Waals surface area contributed by atoms with Crippen LogP contribution >= 0.6 is 11.6 Å². The van der Waals surface area contributed by atoms with Crippen molar-refractivity contribution in [3.05, 3.63) is 12.0 Å². The molecule has 1 aliphatic carbocycles. The predicted octanol–water partition coefficient (Wildman–Crippen LogP) is 1.61. The molecular weight excluding hydrogens is 274 g/mol. The van der Waals surface area contributed by atoms with Crippen molar-refractivity contribution in [3.63, 3.8) is 0 Å². The van der Waals surface area contributed by atoms with Crippen LogP contribution in [0, 0.1) is 5.92 Å². The molecule has 0 aromatic carbocycles. The fourth-order valence-electron chi connectivity index (χ4n) is 2.09. The molecule has 0 atom stereocenters. The minimum Gasteiger partial charge on any atom is -0.332 e. The highest BCUT2D eigenvalue weighted by Crippen LogP contribution is 2.33. The number of sulfonamides is 1. The van der Waals surface area contributed by atoms with Gasteiger partial charge in [0.1, 0.15) is 5.82 Å². The Hall–Kier alpha value is -0.590. The number of alkyl halides is 1. The van der Waals surface area contributed by atoms with Gasteiger partial charge in [-0.05, 0) is 18.8 Å². The fourth-order valence-corrected chi connectivity index (χ4v) is 3.77. The lowest BCUT2D eigenvalue weighted by Gasteiger charge is -2.33. The minimum atomic E-state index is -3.44. The van der Waals surface area contributed by atoms with E-state index >= 15 is 0 Å². The van der Waals surface area contributed by atoms with Gasteiger partial charge in [-0.15, -0.1) is 11.6 Å². The average molecular weight is 292 g/mol. The van der Waals surface area contributed by atoms with Crippen molar-refractivity contribution in [3.8, 4) is 0 Å². The third kappa shape index (κ3) is 2.70. The Morgan fingerprint density at radius 1 is 1.56 bits per heavy atom. The molecule has 0 saturated heterocycles. The van der Waals surface area contributed by atoms with E-state index in [-0.39, 0.29) is 10.4 Å². The van der Waals surface area contributed by atoms with Gasteiger partial charge in [0.15, 0.2) is 5.03 Å². The summed E-state index contributed by atoms with van der Waals surface area (Å²) >= 11 is 5.90. The third-order valence-corrected chi connectivity index (χ3v) is 5.41. The Labute approximate surface area is 113 Å². The van der Waals surface area contributed by atoms with Gasteiger partial charge in [0.25, 0.3) is 10.0 Å². The van der Waals surface area contributed by atoms with E-state index in [0.29, 0.717) is 24.7 Å². The van der Waals surface area contributed by atoms with Crippen LogP contribution in [0.1, 0.15) is 25.6 Å². The molecule has 0 unspecified atom stereocenters. The SMILES string of the molecule is CCc1ncc(S(=O)(=O)N(C)CC2CC(Cl)C2)[nH]1. The zero-order valence-electron chi connectivity index (χ0n) is 10.6. The molecule has 7 heteroatoms. The van der Waals surface area contributed by atoms with Crippen molar-refractivity contribution >= 4 is 21.6 Å². The number of nitrogens with zero attached hydrogens (tertiary/aromatic N) is 2. The van der Waals surface area contributed by atoms with Gasteiger partial charge in [-0.25, -0.2) is 13.4 Å². The third-order valence-electron chi connectivity index (χ3n) is 3.32. The van der Waals surface area contributed by atoms with E-state index in [1.54, 1.807) is 7.05 Å². The monoisotopic (exact) mass is 291 g/mol. The van der Waals surface area contributed by atoms with Gasteiger partial charge in [0.2, 0.25) is 0 Å². The number of imidazole rings is 1. The second-order valence-corrected chi connectivity index (χ2v) is 7.40. The van der Waals surface area contributed by atoms with Gasteiger partial charge in [0.05, 0.1) is 6.20 Å². The lowest BCUT2D eigenvalue weighted by molar-refractivity contribution is 0.268. The highest BCUT2D eigenvalue weighted by molar-refractivity contribution is 7.89. The summed E-state index contributed by atoms with van der Waals surface area (Å²) in [5, 5.41) is 0.383. The number of aromatic amines is 1. The predicted molar refractivity (Wildman–Crippen MR) is 70.1 cm³/mol. The Kier molecular flexibility index (Phi) is 3.99. The summed E-state index contributed by atoms with van der Waals surface area (Å²) in [6.45, 7) is 2.44. The summed E-state index contributed by atoms with van der Waals surface area (Å²) in [4.78, 5) is 6.86. The maximum absolute atomic E-state index is 12.2. The fraction of sp³-hybridized carbons (Fsp3) is 0.727. The van der Waals surface area contributed by atoms with Crippen molar-refractivity contribution in [1.29, 1.82) is 0 Å². The van der Waals surface area contributed by atoms with Crippen LogP contribution in [-0.4, -0.2) is 41.7 Å². The van der Waals surface area contributed by atoms with Crippen LogP contribution < -0.4 is 0 Å². The molecule has 18 heavy (non-hydrogen) atoms. The van der Waals surface area contributed by atoms with Crippen LogP contribution in [0.4, 0.5) is 0 Å². The standard InChI is InChI=1S/C11H18ClN3O2S/c1-3-10-13-6-11(14-10)18(16,17)15(2)7-8-4-9(12)5-8/h6,8-9H,3-5,7H2,1-2H3,(H,13,14). The largest absolute Gasteiger partial charge is 0.332 e. The zero-order valence-corrected chi connectivity index (χ0v) is 12.1. The van der Waals surface area contributed by atoms with Crippen molar-refractivity contribution < 1.29 is 8.42 Å². The normalized spacial score (nSPS) is 24.2.